The van der Waals surface area contributed by atoms with Gasteiger partial charge in [-0.1, -0.05) is 38.5 Å². The number of carbonyl (C=O) groups is 2. The fourth-order valence-electron chi connectivity index (χ4n) is 3.65. The minimum atomic E-state index is -0.646. The molecule has 0 fully saturated rings. The van der Waals surface area contributed by atoms with Crippen LogP contribution in [0.15, 0.2) is 12.1 Å². The number of benzene rings is 1. The maximum Gasteiger partial charge on any atom is 0.341 e. The number of aliphatic hydroxyl groups is 1. The van der Waals surface area contributed by atoms with Crippen LogP contribution in [0.25, 0.3) is 0 Å². The molecule has 0 radical (unpaired) electrons. The summed E-state index contributed by atoms with van der Waals surface area (Å²) in [6, 6.07) is 3.02. The van der Waals surface area contributed by atoms with Crippen LogP contribution in [0.5, 0.6) is 11.5 Å². The smallest absolute Gasteiger partial charge is 0.341 e. The van der Waals surface area contributed by atoms with Gasteiger partial charge in [-0.15, -0.1) is 0 Å². The first kappa shape index (κ1) is 26.8. The van der Waals surface area contributed by atoms with Gasteiger partial charge in [0, 0.05) is 19.4 Å². The Hall–Kier alpha value is -2.28. The van der Waals surface area contributed by atoms with Gasteiger partial charge in [-0.05, 0) is 37.8 Å². The van der Waals surface area contributed by atoms with E-state index in [1.54, 1.807) is 6.07 Å². The molecule has 0 heterocycles. The van der Waals surface area contributed by atoms with Crippen molar-refractivity contribution in [2.45, 2.75) is 90.3 Å². The van der Waals surface area contributed by atoms with E-state index < -0.39 is 12.1 Å². The van der Waals surface area contributed by atoms with Crippen molar-refractivity contribution in [2.24, 2.45) is 0 Å². The number of unbranched alkanes of at least 4 members (excludes halogenated alkanes) is 6. The predicted molar refractivity (Wildman–Crippen MR) is 118 cm³/mol. The predicted octanol–water partition coefficient (Wildman–Crippen LogP) is 4.55. The summed E-state index contributed by atoms with van der Waals surface area (Å²) >= 11 is 0. The zero-order valence-corrected chi connectivity index (χ0v) is 19.3. The molecule has 1 rings (SSSR count). The van der Waals surface area contributed by atoms with E-state index in [2.05, 4.69) is 0 Å². The minimum absolute atomic E-state index is 0.0673. The summed E-state index contributed by atoms with van der Waals surface area (Å²) in [6.07, 6.45) is 8.72. The van der Waals surface area contributed by atoms with Gasteiger partial charge in [0.2, 0.25) is 0 Å². The van der Waals surface area contributed by atoms with Gasteiger partial charge in [-0.25, -0.2) is 4.79 Å². The highest BCUT2D eigenvalue weighted by Gasteiger charge is 2.23. The molecule has 1 aromatic rings. The van der Waals surface area contributed by atoms with E-state index in [0.717, 1.165) is 51.4 Å². The third-order valence-corrected chi connectivity index (χ3v) is 5.23. The number of hydrogen-bond donors (Lipinski definition) is 2. The summed E-state index contributed by atoms with van der Waals surface area (Å²) in [5.74, 6) is -0.835. The molecule has 0 spiro atoms. The van der Waals surface area contributed by atoms with Crippen LogP contribution in [-0.2, 0) is 20.7 Å². The van der Waals surface area contributed by atoms with E-state index in [4.69, 9.17) is 14.2 Å². The van der Waals surface area contributed by atoms with E-state index in [-0.39, 0.29) is 29.8 Å². The molecule has 0 aromatic heterocycles. The molecule has 0 saturated carbocycles. The van der Waals surface area contributed by atoms with E-state index in [9.17, 15) is 19.8 Å². The zero-order chi connectivity index (χ0) is 23.2. The van der Waals surface area contributed by atoms with Crippen LogP contribution in [0.1, 0.15) is 87.6 Å². The lowest BCUT2D eigenvalue weighted by Crippen LogP contribution is -2.21. The molecule has 2 atom stereocenters. The quantitative estimate of drug-likeness (QED) is 0.306. The number of hydrogen-bond acceptors (Lipinski definition) is 7. The molecule has 0 aliphatic heterocycles. The normalized spacial score (nSPS) is 12.8. The molecule has 0 unspecified atom stereocenters. The first-order valence-electron chi connectivity index (χ1n) is 11.1. The van der Waals surface area contributed by atoms with Crippen LogP contribution >= 0.6 is 0 Å². The second-order valence-electron chi connectivity index (χ2n) is 8.01. The van der Waals surface area contributed by atoms with Crippen molar-refractivity contribution in [1.82, 2.24) is 0 Å². The summed E-state index contributed by atoms with van der Waals surface area (Å²) in [4.78, 5) is 23.7. The average Bonchev–Trinajstić information content (AvgIpc) is 2.70. The topological polar surface area (TPSA) is 102 Å². The first-order valence-corrected chi connectivity index (χ1v) is 11.1. The minimum Gasteiger partial charge on any atom is -0.507 e. The fourth-order valence-corrected chi connectivity index (χ4v) is 3.65. The molecule has 0 aliphatic rings. The van der Waals surface area contributed by atoms with Crippen LogP contribution in [0.4, 0.5) is 0 Å². The lowest BCUT2D eigenvalue weighted by Gasteiger charge is -2.19. The standard InChI is InChI=1S/C24H38O7/c1-17(25)12-10-8-6-5-7-9-11-13-20(31-18(2)26)14-19-15-21(29-3)16-22(27)23(19)24(28)30-4/h15-17,20,25,27H,5-14H2,1-4H3/t17-,20+/m0/s1. The summed E-state index contributed by atoms with van der Waals surface area (Å²) < 4.78 is 15.5. The van der Waals surface area contributed by atoms with Gasteiger partial charge in [-0.3, -0.25) is 4.79 Å². The molecule has 7 heteroatoms. The largest absolute Gasteiger partial charge is 0.507 e. The van der Waals surface area contributed by atoms with E-state index in [1.165, 1.54) is 27.2 Å². The highest BCUT2D eigenvalue weighted by Crippen LogP contribution is 2.30. The molecule has 2 N–H and O–H groups in total. The molecule has 0 amide bonds. The van der Waals surface area contributed by atoms with Gasteiger partial charge in [-0.2, -0.15) is 0 Å². The molecular weight excluding hydrogens is 400 g/mol. The second-order valence-corrected chi connectivity index (χ2v) is 8.01. The Morgan fingerprint density at radius 2 is 1.55 bits per heavy atom. The number of methoxy groups -OCH3 is 2. The molecule has 0 bridgehead atoms. The van der Waals surface area contributed by atoms with Crippen molar-refractivity contribution in [3.8, 4) is 11.5 Å². The fraction of sp³-hybridized carbons (Fsp3) is 0.667. The van der Waals surface area contributed by atoms with Gasteiger partial charge < -0.3 is 24.4 Å². The number of esters is 2. The summed E-state index contributed by atoms with van der Waals surface area (Å²) in [5, 5.41) is 19.5. The molecule has 176 valence electrons. The highest BCUT2D eigenvalue weighted by molar-refractivity contribution is 5.94. The Labute approximate surface area is 185 Å². The second kappa shape index (κ2) is 14.7. The number of aromatic hydroxyl groups is 1. The maximum atomic E-state index is 12.2. The highest BCUT2D eigenvalue weighted by atomic mass is 16.5. The summed E-state index contributed by atoms with van der Waals surface area (Å²) in [7, 11) is 2.73. The lowest BCUT2D eigenvalue weighted by molar-refractivity contribution is -0.146. The van der Waals surface area contributed by atoms with E-state index in [1.807, 2.05) is 6.92 Å². The molecule has 0 aliphatic carbocycles. The molecule has 0 saturated heterocycles. The number of ether oxygens (including phenoxy) is 3. The number of rotatable bonds is 15. The average molecular weight is 439 g/mol. The molecular formula is C24H38O7. The number of carbonyl (C=O) groups excluding carboxylic acids is 2. The maximum absolute atomic E-state index is 12.2. The van der Waals surface area contributed by atoms with Crippen molar-refractivity contribution in [3.05, 3.63) is 23.3 Å². The van der Waals surface area contributed by atoms with Crippen molar-refractivity contribution in [3.63, 3.8) is 0 Å². The Kier molecular flexibility index (Phi) is 12.7. The molecule has 7 nitrogen and oxygen atoms in total. The number of phenols is 1. The Balaban J connectivity index is 2.64. The van der Waals surface area contributed by atoms with E-state index in [0.29, 0.717) is 17.7 Å². The third-order valence-electron chi connectivity index (χ3n) is 5.23. The van der Waals surface area contributed by atoms with Crippen LogP contribution in [0, 0.1) is 0 Å². The lowest BCUT2D eigenvalue weighted by atomic mass is 9.96. The third kappa shape index (κ3) is 10.5. The van der Waals surface area contributed by atoms with Crippen LogP contribution in [0.2, 0.25) is 0 Å². The van der Waals surface area contributed by atoms with Crippen LogP contribution < -0.4 is 4.74 Å². The SMILES string of the molecule is COC(=O)c1c(O)cc(OC)cc1C[C@@H](CCCCCCCCC[C@H](C)O)OC(C)=O. The summed E-state index contributed by atoms with van der Waals surface area (Å²) in [6.45, 7) is 3.19. The van der Waals surface area contributed by atoms with Crippen molar-refractivity contribution < 1.29 is 34.0 Å². The van der Waals surface area contributed by atoms with Crippen molar-refractivity contribution in [1.29, 1.82) is 0 Å². The Morgan fingerprint density at radius 1 is 0.968 bits per heavy atom. The van der Waals surface area contributed by atoms with Gasteiger partial charge in [0.1, 0.15) is 23.2 Å². The monoisotopic (exact) mass is 438 g/mol. The Morgan fingerprint density at radius 3 is 2.06 bits per heavy atom. The Bertz CT molecular complexity index is 685. The first-order chi connectivity index (χ1) is 14.8. The van der Waals surface area contributed by atoms with Crippen LogP contribution in [0.3, 0.4) is 0 Å². The summed E-state index contributed by atoms with van der Waals surface area (Å²) in [5.41, 5.74) is 0.589. The van der Waals surface area contributed by atoms with Crippen molar-refractivity contribution in [2.75, 3.05) is 14.2 Å². The number of aliphatic hydroxyl groups excluding tert-OH is 1. The number of phenolic OH excluding ortho intramolecular Hbond substituents is 1. The van der Waals surface area contributed by atoms with Gasteiger partial charge in [0.25, 0.3) is 0 Å². The van der Waals surface area contributed by atoms with E-state index >= 15 is 0 Å². The van der Waals surface area contributed by atoms with Crippen LogP contribution in [-0.4, -0.2) is 48.6 Å². The van der Waals surface area contributed by atoms with Gasteiger partial charge >= 0.3 is 11.9 Å². The molecule has 1 aromatic carbocycles. The van der Waals surface area contributed by atoms with Gasteiger partial charge in [0.05, 0.1) is 20.3 Å². The molecule has 31 heavy (non-hydrogen) atoms. The van der Waals surface area contributed by atoms with Gasteiger partial charge in [0.15, 0.2) is 0 Å². The zero-order valence-electron chi connectivity index (χ0n) is 19.3. The van der Waals surface area contributed by atoms with Crippen molar-refractivity contribution >= 4 is 11.9 Å².